The fraction of sp³-hybridized carbons (Fsp3) is 0. The van der Waals surface area contributed by atoms with Crippen LogP contribution >= 0.6 is 23.4 Å². The lowest BCUT2D eigenvalue weighted by Crippen LogP contribution is -2.02. The van der Waals surface area contributed by atoms with E-state index in [4.69, 9.17) is 23.4 Å². The van der Waals surface area contributed by atoms with Crippen LogP contribution in [0.5, 0.6) is 0 Å². The maximum Gasteiger partial charge on any atom is 0.177 e. The largest absolute Gasteiger partial charge is 0.263 e. The highest BCUT2D eigenvalue weighted by Crippen LogP contribution is 2.10. The van der Waals surface area contributed by atoms with E-state index in [-0.39, 0.29) is 0 Å². The summed E-state index contributed by atoms with van der Waals surface area (Å²) in [4.78, 5) is 3.68. The van der Waals surface area contributed by atoms with E-state index >= 15 is 0 Å². The second kappa shape index (κ2) is 2.37. The molecule has 0 saturated carbocycles. The predicted octanol–water partition coefficient (Wildman–Crippen LogP) is 1.73. The summed E-state index contributed by atoms with van der Waals surface area (Å²) in [6, 6.07) is 0. The molecular weight excluding hydrogens is 147 g/mol. The maximum absolute atomic E-state index is 5.48. The van der Waals surface area contributed by atoms with E-state index in [1.807, 2.05) is 0 Å². The fourth-order valence-electron chi connectivity index (χ4n) is 0.353. The van der Waals surface area contributed by atoms with Crippen molar-refractivity contribution in [1.29, 1.82) is 0 Å². The van der Waals surface area contributed by atoms with E-state index < -0.39 is 0 Å². The van der Waals surface area contributed by atoms with Crippen LogP contribution in [0.15, 0.2) is 16.2 Å². The zero-order valence-corrected chi connectivity index (χ0v) is 5.39. The maximum atomic E-state index is 5.48. The SMILES string of the molecule is ClC1=CN(Cl)[CH]N=C1. The highest BCUT2D eigenvalue weighted by molar-refractivity contribution is 6.39. The second-order valence-electron chi connectivity index (χ2n) is 1.25. The van der Waals surface area contributed by atoms with Crippen LogP contribution in [0.4, 0.5) is 0 Å². The van der Waals surface area contributed by atoms with Gasteiger partial charge in [-0.15, -0.1) is 0 Å². The van der Waals surface area contributed by atoms with E-state index in [0.717, 1.165) is 0 Å². The zero-order chi connectivity index (χ0) is 5.98. The molecule has 0 aromatic carbocycles. The summed E-state index contributed by atoms with van der Waals surface area (Å²) >= 11 is 10.9. The summed E-state index contributed by atoms with van der Waals surface area (Å²) in [6.07, 6.45) is 3.07. The van der Waals surface area contributed by atoms with E-state index in [1.54, 1.807) is 6.20 Å². The van der Waals surface area contributed by atoms with Crippen LogP contribution in [-0.2, 0) is 0 Å². The molecule has 0 N–H and O–H groups in total. The number of nitrogens with zero attached hydrogens (tertiary/aromatic N) is 2. The molecule has 1 radical (unpaired) electrons. The first kappa shape index (κ1) is 5.92. The van der Waals surface area contributed by atoms with Gasteiger partial charge < -0.3 is 0 Å². The summed E-state index contributed by atoms with van der Waals surface area (Å²) in [5.41, 5.74) is 0. The average molecular weight is 150 g/mol. The molecule has 4 heteroatoms. The Morgan fingerprint density at radius 3 is 2.75 bits per heavy atom. The molecule has 1 heterocycles. The van der Waals surface area contributed by atoms with Crippen molar-refractivity contribution in [1.82, 2.24) is 4.42 Å². The van der Waals surface area contributed by atoms with Crippen LogP contribution in [0.3, 0.4) is 0 Å². The Labute approximate surface area is 57.5 Å². The Morgan fingerprint density at radius 1 is 1.62 bits per heavy atom. The van der Waals surface area contributed by atoms with Crippen molar-refractivity contribution in [2.45, 2.75) is 0 Å². The Bertz CT molecular complexity index is 141. The standard InChI is InChI=1S/C4H3Cl2N2/c5-4-1-7-3-8(6)2-4/h1-3H. The Morgan fingerprint density at radius 2 is 2.38 bits per heavy atom. The van der Waals surface area contributed by atoms with Crippen LogP contribution in [0.1, 0.15) is 0 Å². The quantitative estimate of drug-likeness (QED) is 0.480. The van der Waals surface area contributed by atoms with E-state index in [0.29, 0.717) is 5.03 Å². The van der Waals surface area contributed by atoms with Crippen molar-refractivity contribution < 1.29 is 0 Å². The second-order valence-corrected chi connectivity index (χ2v) is 2.08. The van der Waals surface area contributed by atoms with Gasteiger partial charge in [-0.05, 0) is 0 Å². The molecule has 0 aromatic heterocycles. The smallest absolute Gasteiger partial charge is 0.177 e. The van der Waals surface area contributed by atoms with Crippen LogP contribution < -0.4 is 0 Å². The molecular formula is C4H3Cl2N2. The molecule has 1 rings (SSSR count). The van der Waals surface area contributed by atoms with Gasteiger partial charge in [0.25, 0.3) is 0 Å². The molecule has 2 nitrogen and oxygen atoms in total. The van der Waals surface area contributed by atoms with Crippen LogP contribution in [0, 0.1) is 6.67 Å². The zero-order valence-electron chi connectivity index (χ0n) is 3.88. The van der Waals surface area contributed by atoms with Crippen molar-refractivity contribution in [3.63, 3.8) is 0 Å². The molecule has 0 amide bonds. The van der Waals surface area contributed by atoms with E-state index in [2.05, 4.69) is 4.99 Å². The number of rotatable bonds is 0. The van der Waals surface area contributed by atoms with Gasteiger partial charge in [-0.3, -0.25) is 9.41 Å². The van der Waals surface area contributed by atoms with Gasteiger partial charge in [0.05, 0.1) is 5.03 Å². The third kappa shape index (κ3) is 1.39. The fourth-order valence-corrected chi connectivity index (χ4v) is 0.720. The minimum Gasteiger partial charge on any atom is -0.263 e. The first-order valence-electron chi connectivity index (χ1n) is 1.97. The first-order chi connectivity index (χ1) is 3.79. The molecule has 0 bridgehead atoms. The van der Waals surface area contributed by atoms with Crippen molar-refractivity contribution in [3.8, 4) is 0 Å². The molecule has 0 fully saturated rings. The Kier molecular flexibility index (Phi) is 1.76. The third-order valence-corrected chi connectivity index (χ3v) is 1.00. The highest BCUT2D eigenvalue weighted by Gasteiger charge is 1.99. The van der Waals surface area contributed by atoms with Crippen molar-refractivity contribution in [3.05, 3.63) is 17.9 Å². The van der Waals surface area contributed by atoms with Gasteiger partial charge in [0.2, 0.25) is 0 Å². The minimum atomic E-state index is 0.530. The lowest BCUT2D eigenvalue weighted by atomic mass is 10.6. The van der Waals surface area contributed by atoms with Gasteiger partial charge in [0.15, 0.2) is 6.67 Å². The molecule has 0 unspecified atom stereocenters. The van der Waals surface area contributed by atoms with Crippen molar-refractivity contribution in [2.75, 3.05) is 0 Å². The summed E-state index contributed by atoms with van der Waals surface area (Å²) in [7, 11) is 0. The number of halogens is 2. The number of hydrogen-bond donors (Lipinski definition) is 0. The van der Waals surface area contributed by atoms with Gasteiger partial charge in [-0.1, -0.05) is 11.6 Å². The normalized spacial score (nSPS) is 18.8. The lowest BCUT2D eigenvalue weighted by Gasteiger charge is -2.08. The molecule has 0 atom stereocenters. The van der Waals surface area contributed by atoms with E-state index in [1.165, 1.54) is 17.3 Å². The van der Waals surface area contributed by atoms with Crippen molar-refractivity contribution in [2.24, 2.45) is 4.99 Å². The van der Waals surface area contributed by atoms with Gasteiger partial charge in [0, 0.05) is 24.2 Å². The van der Waals surface area contributed by atoms with Crippen LogP contribution in [0.2, 0.25) is 0 Å². The summed E-state index contributed by atoms with van der Waals surface area (Å²) in [5.74, 6) is 0. The molecule has 1 aliphatic heterocycles. The molecule has 0 saturated heterocycles. The average Bonchev–Trinajstić information content (AvgIpc) is 1.64. The Hall–Kier alpha value is -0.210. The molecule has 0 aliphatic carbocycles. The topological polar surface area (TPSA) is 15.6 Å². The van der Waals surface area contributed by atoms with Crippen molar-refractivity contribution >= 4 is 29.6 Å². The Balaban J connectivity index is 2.63. The summed E-state index contributed by atoms with van der Waals surface area (Å²) in [5, 5.41) is 0.530. The predicted molar refractivity (Wildman–Crippen MR) is 34.4 cm³/mol. The van der Waals surface area contributed by atoms with Gasteiger partial charge in [-0.25, -0.2) is 0 Å². The third-order valence-electron chi connectivity index (χ3n) is 0.622. The number of aliphatic imine (C=N–C) groups is 1. The number of hydrogen-bond acceptors (Lipinski definition) is 2. The number of allylic oxidation sites excluding steroid dienone is 1. The van der Waals surface area contributed by atoms with E-state index in [9.17, 15) is 0 Å². The molecule has 43 valence electrons. The van der Waals surface area contributed by atoms with Gasteiger partial charge in [-0.2, -0.15) is 0 Å². The first-order valence-corrected chi connectivity index (χ1v) is 2.68. The van der Waals surface area contributed by atoms with Crippen LogP contribution in [0.25, 0.3) is 0 Å². The van der Waals surface area contributed by atoms with Gasteiger partial charge >= 0.3 is 0 Å². The summed E-state index contributed by atoms with van der Waals surface area (Å²) < 4.78 is 1.27. The van der Waals surface area contributed by atoms with Crippen LogP contribution in [-0.4, -0.2) is 10.6 Å². The monoisotopic (exact) mass is 149 g/mol. The van der Waals surface area contributed by atoms with Gasteiger partial charge in [0.1, 0.15) is 0 Å². The highest BCUT2D eigenvalue weighted by atomic mass is 35.5. The molecule has 8 heavy (non-hydrogen) atoms. The molecule has 1 aliphatic rings. The summed E-state index contributed by atoms with van der Waals surface area (Å²) in [6.45, 7) is 1.45. The lowest BCUT2D eigenvalue weighted by molar-refractivity contribution is 0.717. The molecule has 0 spiro atoms. The minimum absolute atomic E-state index is 0.530. The molecule has 0 aromatic rings.